The van der Waals surface area contributed by atoms with Crippen molar-refractivity contribution in [3.05, 3.63) is 60.1 Å². The Labute approximate surface area is 161 Å². The lowest BCUT2D eigenvalue weighted by atomic mass is 9.97. The lowest BCUT2D eigenvalue weighted by molar-refractivity contribution is -0.127. The van der Waals surface area contributed by atoms with E-state index in [9.17, 15) is 9.18 Å². The van der Waals surface area contributed by atoms with Gasteiger partial charge in [-0.05, 0) is 55.8 Å². The van der Waals surface area contributed by atoms with E-state index < -0.39 is 0 Å². The lowest BCUT2D eigenvalue weighted by Gasteiger charge is -2.30. The van der Waals surface area contributed by atoms with E-state index in [0.717, 1.165) is 25.1 Å². The highest BCUT2D eigenvalue weighted by Crippen LogP contribution is 2.20. The van der Waals surface area contributed by atoms with E-state index in [1.807, 2.05) is 6.07 Å². The smallest absolute Gasteiger partial charge is 0.241 e. The number of likely N-dealkylation sites (tertiary alicyclic amines) is 1. The summed E-state index contributed by atoms with van der Waals surface area (Å²) in [7, 11) is 0. The summed E-state index contributed by atoms with van der Waals surface area (Å²) >= 11 is 0. The maximum Gasteiger partial charge on any atom is 0.241 e. The Bertz CT molecular complexity index is 908. The minimum atomic E-state index is -0.308. The Balaban J connectivity index is 1.32. The van der Waals surface area contributed by atoms with Crippen molar-refractivity contribution >= 4 is 5.91 Å². The zero-order chi connectivity index (χ0) is 19.3. The Morgan fingerprint density at radius 2 is 2.14 bits per heavy atom. The Hall–Kier alpha value is -3.00. The highest BCUT2D eigenvalue weighted by Gasteiger charge is 2.27. The summed E-state index contributed by atoms with van der Waals surface area (Å²) in [6.07, 6.45) is 3.37. The van der Waals surface area contributed by atoms with Gasteiger partial charge in [0.15, 0.2) is 0 Å². The van der Waals surface area contributed by atoms with Crippen LogP contribution in [-0.4, -0.2) is 34.0 Å². The number of aromatic nitrogens is 2. The molecular weight excluding hydrogens is 363 g/mol. The number of rotatable bonds is 6. The zero-order valence-electron chi connectivity index (χ0n) is 15.3. The predicted molar refractivity (Wildman–Crippen MR) is 98.2 cm³/mol. The second-order valence-corrected chi connectivity index (χ2v) is 6.89. The minimum Gasteiger partial charge on any atom is -0.467 e. The number of carbonyl (C=O) groups is 1. The molecule has 1 aliphatic heterocycles. The normalized spacial score (nSPS) is 17.5. The standard InChI is InChI=1S/C20H21FN4O3/c21-16-7-5-14(6-8-16)19-23-18(28-24-19)13-25-9-1-3-15(12-25)20(26)22-11-17-4-2-10-27-17/h2,4-8,10,15H,1,3,9,11-13H2,(H,22,26). The van der Waals surface area contributed by atoms with Gasteiger partial charge in [-0.25, -0.2) is 4.39 Å². The number of benzene rings is 1. The number of nitrogens with one attached hydrogen (secondary N) is 1. The molecule has 1 saturated heterocycles. The van der Waals surface area contributed by atoms with Gasteiger partial charge >= 0.3 is 0 Å². The van der Waals surface area contributed by atoms with Crippen molar-refractivity contribution in [2.45, 2.75) is 25.9 Å². The Morgan fingerprint density at radius 3 is 2.93 bits per heavy atom. The van der Waals surface area contributed by atoms with Crippen LogP contribution >= 0.6 is 0 Å². The molecule has 4 rings (SSSR count). The van der Waals surface area contributed by atoms with Gasteiger partial charge in [0.2, 0.25) is 17.6 Å². The quantitative estimate of drug-likeness (QED) is 0.703. The summed E-state index contributed by atoms with van der Waals surface area (Å²) in [5.74, 6) is 1.29. The second kappa shape index (κ2) is 8.35. The van der Waals surface area contributed by atoms with E-state index in [4.69, 9.17) is 8.94 Å². The summed E-state index contributed by atoms with van der Waals surface area (Å²) in [5.41, 5.74) is 0.699. The summed E-state index contributed by atoms with van der Waals surface area (Å²) in [5, 5.41) is 6.90. The largest absolute Gasteiger partial charge is 0.467 e. The number of hydrogen-bond donors (Lipinski definition) is 1. The summed E-state index contributed by atoms with van der Waals surface area (Å²) < 4.78 is 23.6. The molecular formula is C20H21FN4O3. The fourth-order valence-corrected chi connectivity index (χ4v) is 3.37. The number of amides is 1. The Morgan fingerprint density at radius 1 is 1.29 bits per heavy atom. The number of furan rings is 1. The number of halogens is 1. The molecule has 8 heteroatoms. The van der Waals surface area contributed by atoms with Crippen molar-refractivity contribution in [2.75, 3.05) is 13.1 Å². The van der Waals surface area contributed by atoms with Gasteiger partial charge in [0.25, 0.3) is 0 Å². The average Bonchev–Trinajstić information content (AvgIpc) is 3.39. The highest BCUT2D eigenvalue weighted by molar-refractivity contribution is 5.78. The van der Waals surface area contributed by atoms with Gasteiger partial charge in [0.1, 0.15) is 11.6 Å². The average molecular weight is 384 g/mol. The van der Waals surface area contributed by atoms with Crippen LogP contribution in [0.5, 0.6) is 0 Å². The molecule has 1 atom stereocenters. The maximum atomic E-state index is 13.0. The van der Waals surface area contributed by atoms with E-state index in [1.165, 1.54) is 12.1 Å². The minimum absolute atomic E-state index is 0.0265. The third-order valence-electron chi connectivity index (χ3n) is 4.82. The molecule has 7 nitrogen and oxygen atoms in total. The van der Waals surface area contributed by atoms with Gasteiger partial charge in [-0.2, -0.15) is 4.98 Å². The van der Waals surface area contributed by atoms with Gasteiger partial charge < -0.3 is 14.3 Å². The molecule has 1 aliphatic rings. The van der Waals surface area contributed by atoms with E-state index in [-0.39, 0.29) is 17.6 Å². The summed E-state index contributed by atoms with van der Waals surface area (Å²) in [4.78, 5) is 19.0. The van der Waals surface area contributed by atoms with Crippen LogP contribution in [0.1, 0.15) is 24.5 Å². The van der Waals surface area contributed by atoms with Crippen molar-refractivity contribution in [2.24, 2.45) is 5.92 Å². The molecule has 1 aromatic carbocycles. The highest BCUT2D eigenvalue weighted by atomic mass is 19.1. The van der Waals surface area contributed by atoms with Crippen molar-refractivity contribution in [3.8, 4) is 11.4 Å². The number of nitrogens with zero attached hydrogens (tertiary/aromatic N) is 3. The molecule has 0 aliphatic carbocycles. The number of piperidine rings is 1. The monoisotopic (exact) mass is 384 g/mol. The molecule has 0 spiro atoms. The van der Waals surface area contributed by atoms with Gasteiger partial charge in [-0.15, -0.1) is 0 Å². The third-order valence-corrected chi connectivity index (χ3v) is 4.82. The van der Waals surface area contributed by atoms with Crippen molar-refractivity contribution in [1.82, 2.24) is 20.4 Å². The van der Waals surface area contributed by atoms with Crippen molar-refractivity contribution in [3.63, 3.8) is 0 Å². The van der Waals surface area contributed by atoms with E-state index >= 15 is 0 Å². The summed E-state index contributed by atoms with van der Waals surface area (Å²) in [6.45, 7) is 2.39. The fraction of sp³-hybridized carbons (Fsp3) is 0.350. The topological polar surface area (TPSA) is 84.4 Å². The molecule has 1 fully saturated rings. The SMILES string of the molecule is O=C(NCc1ccco1)C1CCCN(Cc2nc(-c3ccc(F)cc3)no2)C1. The van der Waals surface area contributed by atoms with Crippen molar-refractivity contribution in [1.29, 1.82) is 0 Å². The second-order valence-electron chi connectivity index (χ2n) is 6.89. The van der Waals surface area contributed by atoms with Crippen LogP contribution in [0.25, 0.3) is 11.4 Å². The molecule has 0 saturated carbocycles. The van der Waals surface area contributed by atoms with E-state index in [2.05, 4.69) is 20.4 Å². The first-order valence-electron chi connectivity index (χ1n) is 9.28. The first-order valence-corrected chi connectivity index (χ1v) is 9.28. The molecule has 0 radical (unpaired) electrons. The number of hydrogen-bond acceptors (Lipinski definition) is 6. The fourth-order valence-electron chi connectivity index (χ4n) is 3.37. The van der Waals surface area contributed by atoms with Crippen LogP contribution in [0.4, 0.5) is 4.39 Å². The van der Waals surface area contributed by atoms with Gasteiger partial charge in [0.05, 0.1) is 25.3 Å². The van der Waals surface area contributed by atoms with Crippen LogP contribution in [-0.2, 0) is 17.9 Å². The van der Waals surface area contributed by atoms with E-state index in [0.29, 0.717) is 36.9 Å². The molecule has 3 heterocycles. The first kappa shape index (κ1) is 18.4. The first-order chi connectivity index (χ1) is 13.7. The van der Waals surface area contributed by atoms with E-state index in [1.54, 1.807) is 24.5 Å². The molecule has 3 aromatic rings. The molecule has 1 unspecified atom stereocenters. The van der Waals surface area contributed by atoms with Gasteiger partial charge in [-0.1, -0.05) is 5.16 Å². The third kappa shape index (κ3) is 4.45. The molecule has 1 amide bonds. The van der Waals surface area contributed by atoms with Gasteiger partial charge in [0, 0.05) is 12.1 Å². The lowest BCUT2D eigenvalue weighted by Crippen LogP contribution is -2.42. The van der Waals surface area contributed by atoms with Crippen LogP contribution in [0.15, 0.2) is 51.6 Å². The molecule has 28 heavy (non-hydrogen) atoms. The van der Waals surface area contributed by atoms with Crippen LogP contribution in [0, 0.1) is 11.7 Å². The molecule has 0 bridgehead atoms. The van der Waals surface area contributed by atoms with Crippen LogP contribution in [0.3, 0.4) is 0 Å². The zero-order valence-corrected chi connectivity index (χ0v) is 15.3. The summed E-state index contributed by atoms with van der Waals surface area (Å²) in [6, 6.07) is 9.59. The van der Waals surface area contributed by atoms with Crippen LogP contribution < -0.4 is 5.32 Å². The molecule has 2 aromatic heterocycles. The van der Waals surface area contributed by atoms with Gasteiger partial charge in [-0.3, -0.25) is 9.69 Å². The maximum absolute atomic E-state index is 13.0. The Kier molecular flexibility index (Phi) is 5.48. The number of carbonyl (C=O) groups excluding carboxylic acids is 1. The molecule has 146 valence electrons. The predicted octanol–water partition coefficient (Wildman–Crippen LogP) is 3.00. The van der Waals surface area contributed by atoms with Crippen molar-refractivity contribution < 1.29 is 18.1 Å². The molecule has 1 N–H and O–H groups in total. The van der Waals surface area contributed by atoms with Crippen LogP contribution in [0.2, 0.25) is 0 Å².